The Bertz CT molecular complexity index is 111. The lowest BCUT2D eigenvalue weighted by Crippen LogP contribution is -1.88. The van der Waals surface area contributed by atoms with E-state index in [9.17, 15) is 0 Å². The van der Waals surface area contributed by atoms with E-state index in [1.165, 1.54) is 4.50 Å². The zero-order chi connectivity index (χ0) is 4.41. The van der Waals surface area contributed by atoms with Crippen LogP contribution < -0.4 is 4.50 Å². The summed E-state index contributed by atoms with van der Waals surface area (Å²) in [7, 11) is 3.34. The van der Waals surface area contributed by atoms with Gasteiger partial charge in [-0.1, -0.05) is 12.1 Å². The predicted octanol–water partition coefficient (Wildman–Crippen LogP) is 0.542. The minimum absolute atomic E-state index is 1.19. The van der Waals surface area contributed by atoms with Gasteiger partial charge in [0.2, 0.25) is 0 Å². The summed E-state index contributed by atoms with van der Waals surface area (Å²) in [6, 6.07) is 4.02. The van der Waals surface area contributed by atoms with Crippen molar-refractivity contribution in [1.29, 1.82) is 0 Å². The molecule has 0 saturated heterocycles. The summed E-state index contributed by atoms with van der Waals surface area (Å²) >= 11 is 1.69. The molecule has 29 valence electrons. The quantitative estimate of drug-likeness (QED) is 0.429. The summed E-state index contributed by atoms with van der Waals surface area (Å²) in [5.41, 5.74) is 0. The molecule has 0 saturated carbocycles. The molecular formula is C4H3SSi. The summed E-state index contributed by atoms with van der Waals surface area (Å²) in [5, 5.41) is 2.03. The molecular weight excluding hydrogens is 108 g/mol. The largest absolute Gasteiger partial charge is 0.154 e. The van der Waals surface area contributed by atoms with Crippen molar-refractivity contribution in [3.63, 3.8) is 0 Å². The Labute approximate surface area is 44.2 Å². The Morgan fingerprint density at radius 1 is 1.67 bits per heavy atom. The second-order valence-electron chi connectivity index (χ2n) is 0.977. The maximum absolute atomic E-state index is 3.34. The summed E-state index contributed by atoms with van der Waals surface area (Å²) in [6.45, 7) is 0. The summed E-state index contributed by atoms with van der Waals surface area (Å²) < 4.78 is 1.19. The smallest absolute Gasteiger partial charge is 0.0864 e. The van der Waals surface area contributed by atoms with Crippen LogP contribution in [0.2, 0.25) is 0 Å². The van der Waals surface area contributed by atoms with Crippen molar-refractivity contribution in [3.05, 3.63) is 17.5 Å². The van der Waals surface area contributed by atoms with Gasteiger partial charge in [-0.25, -0.2) is 0 Å². The van der Waals surface area contributed by atoms with Crippen LogP contribution in [0, 0.1) is 0 Å². The van der Waals surface area contributed by atoms with E-state index in [2.05, 4.69) is 10.2 Å². The molecule has 0 aliphatic rings. The van der Waals surface area contributed by atoms with Crippen LogP contribution in [0.4, 0.5) is 0 Å². The normalized spacial score (nSPS) is 8.83. The number of hydrogen-bond donors (Lipinski definition) is 0. The summed E-state index contributed by atoms with van der Waals surface area (Å²) in [5.74, 6) is 0. The Kier molecular flexibility index (Phi) is 1.07. The third-order valence-corrected chi connectivity index (χ3v) is 1.72. The van der Waals surface area contributed by atoms with Gasteiger partial charge in [-0.05, 0) is 9.88 Å². The molecule has 0 unspecified atom stereocenters. The lowest BCUT2D eigenvalue weighted by atomic mass is 10.7. The fourth-order valence-electron chi connectivity index (χ4n) is 0.279. The van der Waals surface area contributed by atoms with E-state index in [0.29, 0.717) is 0 Å². The average molecular weight is 111 g/mol. The van der Waals surface area contributed by atoms with Gasteiger partial charge in [0.1, 0.15) is 0 Å². The highest BCUT2D eigenvalue weighted by molar-refractivity contribution is 7.18. The molecule has 2 heteroatoms. The molecule has 1 rings (SSSR count). The van der Waals surface area contributed by atoms with Crippen molar-refractivity contribution in [2.75, 3.05) is 0 Å². The van der Waals surface area contributed by atoms with Gasteiger partial charge < -0.3 is 0 Å². The average Bonchev–Trinajstić information content (AvgIpc) is 1.86. The zero-order valence-electron chi connectivity index (χ0n) is 3.14. The molecule has 1 heterocycles. The molecule has 0 bridgehead atoms. The second kappa shape index (κ2) is 1.58. The van der Waals surface area contributed by atoms with Crippen LogP contribution in [-0.2, 0) is 0 Å². The van der Waals surface area contributed by atoms with Crippen LogP contribution >= 0.6 is 11.3 Å². The fraction of sp³-hybridized carbons (Fsp3) is 0. The van der Waals surface area contributed by atoms with Crippen LogP contribution in [0.3, 0.4) is 0 Å². The lowest BCUT2D eigenvalue weighted by molar-refractivity contribution is 2.07. The third-order valence-electron chi connectivity index (χ3n) is 0.521. The van der Waals surface area contributed by atoms with Gasteiger partial charge in [-0.3, -0.25) is 0 Å². The molecule has 0 N–H and O–H groups in total. The second-order valence-corrected chi connectivity index (χ2v) is 2.83. The van der Waals surface area contributed by atoms with Crippen molar-refractivity contribution in [2.45, 2.75) is 0 Å². The molecule has 1 aromatic rings. The number of hydrogen-bond acceptors (Lipinski definition) is 1. The van der Waals surface area contributed by atoms with Gasteiger partial charge in [0.15, 0.2) is 0 Å². The van der Waals surface area contributed by atoms with Gasteiger partial charge in [0.25, 0.3) is 0 Å². The van der Waals surface area contributed by atoms with Crippen LogP contribution in [0.15, 0.2) is 17.5 Å². The lowest BCUT2D eigenvalue weighted by Gasteiger charge is -1.65. The van der Waals surface area contributed by atoms with Gasteiger partial charge in [0, 0.05) is 0 Å². The molecule has 0 aliphatic carbocycles. The highest BCUT2D eigenvalue weighted by atomic mass is 32.1. The van der Waals surface area contributed by atoms with E-state index < -0.39 is 0 Å². The highest BCUT2D eigenvalue weighted by Crippen LogP contribution is 1.87. The van der Waals surface area contributed by atoms with Crippen LogP contribution in [0.25, 0.3) is 0 Å². The van der Waals surface area contributed by atoms with E-state index in [0.717, 1.165) is 0 Å². The van der Waals surface area contributed by atoms with Crippen molar-refractivity contribution < 1.29 is 0 Å². The topological polar surface area (TPSA) is 0 Å². The van der Waals surface area contributed by atoms with E-state index in [1.807, 2.05) is 17.5 Å². The molecule has 0 amide bonds. The molecule has 0 fully saturated rings. The zero-order valence-corrected chi connectivity index (χ0v) is 4.96. The summed E-state index contributed by atoms with van der Waals surface area (Å²) in [4.78, 5) is 0. The maximum atomic E-state index is 3.34. The van der Waals surface area contributed by atoms with Crippen molar-refractivity contribution in [3.8, 4) is 0 Å². The standard InChI is InChI=1S/C4H3SSi/c6-4-2-1-3-5-4/h1-3H. The number of rotatable bonds is 0. The number of thiophene rings is 1. The molecule has 0 aliphatic heterocycles. The van der Waals surface area contributed by atoms with Crippen molar-refractivity contribution in [1.82, 2.24) is 0 Å². The van der Waals surface area contributed by atoms with E-state index in [4.69, 9.17) is 0 Å². The Morgan fingerprint density at radius 3 is 2.67 bits per heavy atom. The van der Waals surface area contributed by atoms with Crippen molar-refractivity contribution in [2.24, 2.45) is 0 Å². The first-order valence-corrected chi connectivity index (χ1v) is 3.02. The Morgan fingerprint density at radius 2 is 2.50 bits per heavy atom. The van der Waals surface area contributed by atoms with Gasteiger partial charge in [-0.15, -0.1) is 0 Å². The molecule has 0 spiro atoms. The van der Waals surface area contributed by atoms with Gasteiger partial charge >= 0.3 is 0 Å². The maximum Gasteiger partial charge on any atom is 0.0864 e. The molecule has 1 aromatic heterocycles. The molecule has 6 heavy (non-hydrogen) atoms. The molecule has 0 nitrogen and oxygen atoms in total. The van der Waals surface area contributed by atoms with E-state index in [-0.39, 0.29) is 0 Å². The third kappa shape index (κ3) is 0.697. The van der Waals surface area contributed by atoms with Crippen LogP contribution in [0.5, 0.6) is 0 Å². The van der Waals surface area contributed by atoms with E-state index >= 15 is 0 Å². The molecule has 0 atom stereocenters. The molecule has 0 aromatic carbocycles. The minimum Gasteiger partial charge on any atom is -0.154 e. The minimum atomic E-state index is 1.19. The molecule has 3 radical (unpaired) electrons. The first-order valence-electron chi connectivity index (χ1n) is 1.65. The van der Waals surface area contributed by atoms with Crippen molar-refractivity contribution >= 4 is 26.1 Å². The first kappa shape index (κ1) is 4.09. The fourth-order valence-corrected chi connectivity index (χ4v) is 1.04. The monoisotopic (exact) mass is 111 g/mol. The van der Waals surface area contributed by atoms with E-state index in [1.54, 1.807) is 11.3 Å². The van der Waals surface area contributed by atoms with Gasteiger partial charge in [-0.2, -0.15) is 11.3 Å². The first-order chi connectivity index (χ1) is 2.89. The predicted molar refractivity (Wildman–Crippen MR) is 29.7 cm³/mol. The Balaban J connectivity index is 3.05. The summed E-state index contributed by atoms with van der Waals surface area (Å²) in [6.07, 6.45) is 0. The SMILES string of the molecule is [Si]c1cccs1. The Hall–Kier alpha value is -0.0831. The van der Waals surface area contributed by atoms with Gasteiger partial charge in [0.05, 0.1) is 10.2 Å². The highest BCUT2D eigenvalue weighted by Gasteiger charge is 1.75. The van der Waals surface area contributed by atoms with Crippen LogP contribution in [0.1, 0.15) is 0 Å². The van der Waals surface area contributed by atoms with Crippen LogP contribution in [-0.4, -0.2) is 10.2 Å².